The van der Waals surface area contributed by atoms with Crippen LogP contribution in [-0.4, -0.2) is 23.0 Å². The minimum atomic E-state index is -0.399. The number of pyridine rings is 1. The Labute approximate surface area is 128 Å². The lowest BCUT2D eigenvalue weighted by molar-refractivity contribution is -0.388. The number of aromatic nitrogens is 1. The topological polar surface area (TPSA) is 59.3 Å². The molecule has 0 spiro atoms. The number of anilines is 1. The molecule has 0 aliphatic carbocycles. The van der Waals surface area contributed by atoms with Crippen molar-refractivity contribution in [2.24, 2.45) is 0 Å². The van der Waals surface area contributed by atoms with Gasteiger partial charge in [-0.05, 0) is 38.1 Å². The second kappa shape index (κ2) is 7.08. The summed E-state index contributed by atoms with van der Waals surface area (Å²) in [7, 11) is 0. The molecular formula is C15H17N3O2S. The number of nitro groups is 1. The first-order chi connectivity index (χ1) is 10.2. The maximum Gasteiger partial charge on any atom is 0.301 e. The Morgan fingerprint density at radius 2 is 2.00 bits per heavy atom. The monoisotopic (exact) mass is 303 g/mol. The molecule has 1 heterocycles. The van der Waals surface area contributed by atoms with E-state index in [1.807, 2.05) is 24.3 Å². The van der Waals surface area contributed by atoms with Gasteiger partial charge in [-0.25, -0.2) is 4.98 Å². The molecule has 0 bridgehead atoms. The molecule has 0 saturated heterocycles. The molecule has 1 aromatic heterocycles. The Hall–Kier alpha value is -2.08. The highest BCUT2D eigenvalue weighted by Crippen LogP contribution is 2.34. The summed E-state index contributed by atoms with van der Waals surface area (Å²) in [6, 6.07) is 11.0. The zero-order valence-corrected chi connectivity index (χ0v) is 12.8. The Morgan fingerprint density at radius 3 is 2.67 bits per heavy atom. The summed E-state index contributed by atoms with van der Waals surface area (Å²) in [5.74, 6) is 0. The molecule has 6 heteroatoms. The van der Waals surface area contributed by atoms with Crippen molar-refractivity contribution in [3.63, 3.8) is 0 Å². The van der Waals surface area contributed by atoms with E-state index >= 15 is 0 Å². The molecule has 2 aromatic rings. The van der Waals surface area contributed by atoms with Crippen LogP contribution in [0.2, 0.25) is 0 Å². The van der Waals surface area contributed by atoms with Crippen LogP contribution in [0.1, 0.15) is 13.8 Å². The molecule has 5 nitrogen and oxygen atoms in total. The Balaban J connectivity index is 2.28. The molecule has 0 amide bonds. The second-order valence-corrected chi connectivity index (χ2v) is 5.42. The van der Waals surface area contributed by atoms with E-state index in [1.165, 1.54) is 17.8 Å². The molecule has 0 atom stereocenters. The van der Waals surface area contributed by atoms with Crippen LogP contribution in [0.3, 0.4) is 0 Å². The van der Waals surface area contributed by atoms with Gasteiger partial charge < -0.3 is 4.90 Å². The van der Waals surface area contributed by atoms with Crippen molar-refractivity contribution in [3.8, 4) is 0 Å². The van der Waals surface area contributed by atoms with Crippen LogP contribution in [0.5, 0.6) is 0 Å². The summed E-state index contributed by atoms with van der Waals surface area (Å²) >= 11 is 1.32. The molecule has 1 aromatic carbocycles. The van der Waals surface area contributed by atoms with Gasteiger partial charge in [0.25, 0.3) is 0 Å². The van der Waals surface area contributed by atoms with Crippen LogP contribution < -0.4 is 4.90 Å². The van der Waals surface area contributed by atoms with Crippen LogP contribution in [-0.2, 0) is 0 Å². The minimum absolute atomic E-state index is 0.0377. The van der Waals surface area contributed by atoms with Gasteiger partial charge in [-0.15, -0.1) is 0 Å². The fraction of sp³-hybridized carbons (Fsp3) is 0.267. The van der Waals surface area contributed by atoms with E-state index in [9.17, 15) is 10.1 Å². The molecular weight excluding hydrogens is 286 g/mol. The lowest BCUT2D eigenvalue weighted by atomic mass is 10.3. The Morgan fingerprint density at radius 1 is 1.24 bits per heavy atom. The van der Waals surface area contributed by atoms with Crippen molar-refractivity contribution in [3.05, 3.63) is 52.7 Å². The first kappa shape index (κ1) is 15.3. The summed E-state index contributed by atoms with van der Waals surface area (Å²) in [4.78, 5) is 17.9. The van der Waals surface area contributed by atoms with Crippen LogP contribution in [0.15, 0.2) is 52.5 Å². The number of benzene rings is 1. The quantitative estimate of drug-likeness (QED) is 0.596. The molecule has 0 unspecified atom stereocenters. The average molecular weight is 303 g/mol. The van der Waals surface area contributed by atoms with Gasteiger partial charge in [0.1, 0.15) is 0 Å². The highest BCUT2D eigenvalue weighted by Gasteiger charge is 2.15. The standard InChI is InChI=1S/C15H17N3O2S/c1-3-17(4-2)12-7-5-8-13(11-12)21-15-14(18(19)20)9-6-10-16-15/h5-11H,3-4H2,1-2H3. The lowest BCUT2D eigenvalue weighted by Gasteiger charge is -2.21. The predicted octanol–water partition coefficient (Wildman–Crippen LogP) is 3.99. The maximum atomic E-state index is 11.0. The van der Waals surface area contributed by atoms with Crippen molar-refractivity contribution in [2.75, 3.05) is 18.0 Å². The summed E-state index contributed by atoms with van der Waals surface area (Å²) < 4.78 is 0. The summed E-state index contributed by atoms with van der Waals surface area (Å²) in [6.45, 7) is 6.06. The molecule has 0 N–H and O–H groups in total. The van der Waals surface area contributed by atoms with Crippen molar-refractivity contribution in [1.29, 1.82) is 0 Å². The number of rotatable bonds is 6. The lowest BCUT2D eigenvalue weighted by Crippen LogP contribution is -2.21. The van der Waals surface area contributed by atoms with Crippen molar-refractivity contribution in [2.45, 2.75) is 23.8 Å². The van der Waals surface area contributed by atoms with E-state index < -0.39 is 4.92 Å². The first-order valence-electron chi connectivity index (χ1n) is 6.78. The van der Waals surface area contributed by atoms with Crippen LogP contribution in [0.4, 0.5) is 11.4 Å². The SMILES string of the molecule is CCN(CC)c1cccc(Sc2ncccc2[N+](=O)[O-])c1. The molecule has 21 heavy (non-hydrogen) atoms. The number of hydrogen-bond donors (Lipinski definition) is 0. The smallest absolute Gasteiger partial charge is 0.301 e. The average Bonchev–Trinajstić information content (AvgIpc) is 2.49. The molecule has 0 fully saturated rings. The summed E-state index contributed by atoms with van der Waals surface area (Å²) in [5.41, 5.74) is 1.15. The molecule has 0 radical (unpaired) electrons. The third kappa shape index (κ3) is 3.72. The third-order valence-electron chi connectivity index (χ3n) is 3.11. The Kier molecular flexibility index (Phi) is 5.16. The van der Waals surface area contributed by atoms with Gasteiger partial charge in [0.05, 0.1) is 4.92 Å². The van der Waals surface area contributed by atoms with E-state index in [1.54, 1.807) is 12.3 Å². The molecule has 0 saturated carbocycles. The van der Waals surface area contributed by atoms with Crippen molar-refractivity contribution in [1.82, 2.24) is 4.98 Å². The van der Waals surface area contributed by atoms with Gasteiger partial charge in [0, 0.05) is 35.9 Å². The molecule has 0 aliphatic rings. The van der Waals surface area contributed by atoms with Gasteiger partial charge in [0.15, 0.2) is 5.03 Å². The van der Waals surface area contributed by atoms with Gasteiger partial charge in [-0.2, -0.15) is 0 Å². The third-order valence-corrected chi connectivity index (χ3v) is 4.11. The van der Waals surface area contributed by atoms with Gasteiger partial charge in [0.2, 0.25) is 0 Å². The minimum Gasteiger partial charge on any atom is -0.372 e. The van der Waals surface area contributed by atoms with Crippen LogP contribution in [0, 0.1) is 10.1 Å². The van der Waals surface area contributed by atoms with Crippen LogP contribution >= 0.6 is 11.8 Å². The molecule has 2 rings (SSSR count). The van der Waals surface area contributed by atoms with E-state index in [0.717, 1.165) is 23.7 Å². The predicted molar refractivity (Wildman–Crippen MR) is 85.0 cm³/mol. The number of nitrogens with zero attached hydrogens (tertiary/aromatic N) is 3. The van der Waals surface area contributed by atoms with E-state index in [4.69, 9.17) is 0 Å². The van der Waals surface area contributed by atoms with Crippen molar-refractivity contribution < 1.29 is 4.92 Å². The first-order valence-corrected chi connectivity index (χ1v) is 7.59. The van der Waals surface area contributed by atoms with Gasteiger partial charge in [-0.3, -0.25) is 10.1 Å². The van der Waals surface area contributed by atoms with Gasteiger partial charge >= 0.3 is 5.69 Å². The highest BCUT2D eigenvalue weighted by molar-refractivity contribution is 7.99. The largest absolute Gasteiger partial charge is 0.372 e. The summed E-state index contributed by atoms with van der Waals surface area (Å²) in [6.07, 6.45) is 1.57. The molecule has 0 aliphatic heterocycles. The van der Waals surface area contributed by atoms with Crippen LogP contribution in [0.25, 0.3) is 0 Å². The number of hydrogen-bond acceptors (Lipinski definition) is 5. The second-order valence-electron chi connectivity index (χ2n) is 4.36. The van der Waals surface area contributed by atoms with Gasteiger partial charge in [-0.1, -0.05) is 17.8 Å². The zero-order valence-electron chi connectivity index (χ0n) is 12.0. The Bertz CT molecular complexity index is 630. The summed E-state index contributed by atoms with van der Waals surface area (Å²) in [5, 5.41) is 11.4. The fourth-order valence-electron chi connectivity index (χ4n) is 2.04. The van der Waals surface area contributed by atoms with E-state index in [2.05, 4.69) is 23.7 Å². The normalized spacial score (nSPS) is 10.4. The highest BCUT2D eigenvalue weighted by atomic mass is 32.2. The molecule has 110 valence electrons. The zero-order chi connectivity index (χ0) is 15.2. The maximum absolute atomic E-state index is 11.0. The van der Waals surface area contributed by atoms with E-state index in [-0.39, 0.29) is 5.69 Å². The van der Waals surface area contributed by atoms with Crippen molar-refractivity contribution >= 4 is 23.1 Å². The van der Waals surface area contributed by atoms with E-state index in [0.29, 0.717) is 5.03 Å². The fourth-order valence-corrected chi connectivity index (χ4v) is 2.95.